The van der Waals surface area contributed by atoms with Gasteiger partial charge in [0.25, 0.3) is 0 Å². The number of hydrogen-bond acceptors (Lipinski definition) is 2. The van der Waals surface area contributed by atoms with Crippen molar-refractivity contribution in [2.75, 3.05) is 0 Å². The second kappa shape index (κ2) is 4.71. The lowest BCUT2D eigenvalue weighted by atomic mass is 9.62. The molecule has 0 saturated heterocycles. The minimum Gasteiger partial charge on any atom is -0.490 e. The molecule has 1 fully saturated rings. The molecule has 5 heteroatoms. The predicted molar refractivity (Wildman–Crippen MR) is 66.9 cm³/mol. The first-order valence-electron chi connectivity index (χ1n) is 6.37. The molecule has 3 atom stereocenters. The highest BCUT2D eigenvalue weighted by Crippen LogP contribution is 2.45. The van der Waals surface area contributed by atoms with Gasteiger partial charge in [0.15, 0.2) is 0 Å². The summed E-state index contributed by atoms with van der Waals surface area (Å²) in [5.41, 5.74) is 5.10. The molecule has 0 amide bonds. The largest absolute Gasteiger partial charge is 0.490 e. The first-order valence-corrected chi connectivity index (χ1v) is 6.37. The summed E-state index contributed by atoms with van der Waals surface area (Å²) < 4.78 is 43.5. The summed E-state index contributed by atoms with van der Waals surface area (Å²) in [6.45, 7) is 4.03. The minimum atomic E-state index is -4.34. The van der Waals surface area contributed by atoms with E-state index in [9.17, 15) is 13.2 Å². The van der Waals surface area contributed by atoms with Crippen LogP contribution in [0.2, 0.25) is 0 Å². The number of benzene rings is 1. The van der Waals surface area contributed by atoms with Crippen molar-refractivity contribution < 1.29 is 17.9 Å². The van der Waals surface area contributed by atoms with Crippen LogP contribution < -0.4 is 10.5 Å². The fourth-order valence-electron chi connectivity index (χ4n) is 2.43. The highest BCUT2D eigenvalue weighted by atomic mass is 19.4. The van der Waals surface area contributed by atoms with E-state index in [4.69, 9.17) is 10.5 Å². The molecular formula is C14H18F3NO. The number of alkyl halides is 3. The first-order chi connectivity index (χ1) is 8.77. The summed E-state index contributed by atoms with van der Waals surface area (Å²) in [6.07, 6.45) is -2.93. The van der Waals surface area contributed by atoms with Gasteiger partial charge in [-0.1, -0.05) is 19.9 Å². The molecule has 1 saturated carbocycles. The molecule has 106 valence electrons. The van der Waals surface area contributed by atoms with Crippen LogP contribution in [0.5, 0.6) is 5.75 Å². The van der Waals surface area contributed by atoms with Crippen LogP contribution in [0.3, 0.4) is 0 Å². The van der Waals surface area contributed by atoms with Crippen molar-refractivity contribution in [1.82, 2.24) is 0 Å². The quantitative estimate of drug-likeness (QED) is 0.913. The topological polar surface area (TPSA) is 35.2 Å². The van der Waals surface area contributed by atoms with Gasteiger partial charge in [0, 0.05) is 17.9 Å². The maximum atomic E-state index is 12.6. The highest BCUT2D eigenvalue weighted by molar-refractivity contribution is 5.31. The average Bonchev–Trinajstić information content (AvgIpc) is 2.36. The smallest absolute Gasteiger partial charge is 0.416 e. The Kier molecular flexibility index (Phi) is 3.51. The van der Waals surface area contributed by atoms with Crippen LogP contribution in [0.15, 0.2) is 24.3 Å². The van der Waals surface area contributed by atoms with E-state index in [-0.39, 0.29) is 23.3 Å². The lowest BCUT2D eigenvalue weighted by Gasteiger charge is -2.51. The second-order valence-corrected chi connectivity index (χ2v) is 5.33. The molecule has 0 spiro atoms. The van der Waals surface area contributed by atoms with Crippen LogP contribution in [0, 0.1) is 5.41 Å². The molecule has 19 heavy (non-hydrogen) atoms. The molecule has 0 bridgehead atoms. The number of hydrogen-bond donors (Lipinski definition) is 1. The summed E-state index contributed by atoms with van der Waals surface area (Å²) >= 11 is 0. The van der Waals surface area contributed by atoms with Crippen molar-refractivity contribution >= 4 is 0 Å². The van der Waals surface area contributed by atoms with Gasteiger partial charge in [0.05, 0.1) is 5.56 Å². The number of rotatable bonds is 3. The SMILES string of the molecule is CCC1(C)C(N)CC1Oc1cccc(C(F)(F)F)c1. The van der Waals surface area contributed by atoms with Crippen molar-refractivity contribution in [3.8, 4) is 5.75 Å². The fourth-order valence-corrected chi connectivity index (χ4v) is 2.43. The number of nitrogens with two attached hydrogens (primary N) is 1. The van der Waals surface area contributed by atoms with Crippen LogP contribution in [0.4, 0.5) is 13.2 Å². The lowest BCUT2D eigenvalue weighted by Crippen LogP contribution is -2.61. The van der Waals surface area contributed by atoms with E-state index in [0.717, 1.165) is 18.6 Å². The summed E-state index contributed by atoms with van der Waals surface area (Å²) in [5.74, 6) is 0.256. The van der Waals surface area contributed by atoms with Crippen molar-refractivity contribution in [3.05, 3.63) is 29.8 Å². The maximum absolute atomic E-state index is 12.6. The van der Waals surface area contributed by atoms with E-state index in [2.05, 4.69) is 0 Å². The summed E-state index contributed by atoms with van der Waals surface area (Å²) in [5, 5.41) is 0. The van der Waals surface area contributed by atoms with Crippen LogP contribution in [-0.4, -0.2) is 12.1 Å². The van der Waals surface area contributed by atoms with E-state index in [0.29, 0.717) is 6.42 Å². The third kappa shape index (κ3) is 2.56. The van der Waals surface area contributed by atoms with Gasteiger partial charge in [-0.25, -0.2) is 0 Å². The molecule has 1 aliphatic carbocycles. The molecule has 2 N–H and O–H groups in total. The van der Waals surface area contributed by atoms with Gasteiger partial charge in [0.2, 0.25) is 0 Å². The second-order valence-electron chi connectivity index (χ2n) is 5.33. The van der Waals surface area contributed by atoms with Gasteiger partial charge in [-0.3, -0.25) is 0 Å². The zero-order chi connectivity index (χ0) is 14.3. The van der Waals surface area contributed by atoms with Crippen molar-refractivity contribution in [2.45, 2.75) is 45.0 Å². The lowest BCUT2D eigenvalue weighted by molar-refractivity contribution is -0.137. The zero-order valence-electron chi connectivity index (χ0n) is 11.0. The molecule has 1 aromatic rings. The highest BCUT2D eigenvalue weighted by Gasteiger charge is 2.50. The molecule has 0 radical (unpaired) electrons. The molecule has 1 aromatic carbocycles. The molecular weight excluding hydrogens is 255 g/mol. The minimum absolute atomic E-state index is 0.0494. The van der Waals surface area contributed by atoms with E-state index in [1.165, 1.54) is 6.07 Å². The van der Waals surface area contributed by atoms with Gasteiger partial charge >= 0.3 is 6.18 Å². The Balaban J connectivity index is 2.13. The summed E-state index contributed by atoms with van der Waals surface area (Å²) in [6, 6.07) is 5.04. The number of ether oxygens (including phenoxy) is 1. The third-order valence-electron chi connectivity index (χ3n) is 4.25. The van der Waals surface area contributed by atoms with Crippen LogP contribution in [0.25, 0.3) is 0 Å². The molecule has 0 heterocycles. The molecule has 0 aliphatic heterocycles. The maximum Gasteiger partial charge on any atom is 0.416 e. The summed E-state index contributed by atoms with van der Waals surface area (Å²) in [7, 11) is 0. The monoisotopic (exact) mass is 273 g/mol. The van der Waals surface area contributed by atoms with Crippen LogP contribution in [0.1, 0.15) is 32.3 Å². The normalized spacial score (nSPS) is 30.8. The standard InChI is InChI=1S/C14H18F3NO/c1-3-13(2)11(18)8-12(13)19-10-6-4-5-9(7-10)14(15,16)17/h4-7,11-12H,3,8,18H2,1-2H3. The molecule has 3 unspecified atom stereocenters. The Hall–Kier alpha value is -1.23. The van der Waals surface area contributed by atoms with Crippen LogP contribution >= 0.6 is 0 Å². The third-order valence-corrected chi connectivity index (χ3v) is 4.25. The van der Waals surface area contributed by atoms with Crippen LogP contribution in [-0.2, 0) is 6.18 Å². The van der Waals surface area contributed by atoms with E-state index in [1.54, 1.807) is 6.07 Å². The van der Waals surface area contributed by atoms with Gasteiger partial charge in [-0.05, 0) is 24.6 Å². The van der Waals surface area contributed by atoms with E-state index < -0.39 is 11.7 Å². The Labute approximate surface area is 110 Å². The van der Waals surface area contributed by atoms with Gasteiger partial charge < -0.3 is 10.5 Å². The zero-order valence-corrected chi connectivity index (χ0v) is 11.0. The van der Waals surface area contributed by atoms with Gasteiger partial charge in [-0.2, -0.15) is 13.2 Å². The van der Waals surface area contributed by atoms with Crippen molar-refractivity contribution in [1.29, 1.82) is 0 Å². The Morgan fingerprint density at radius 2 is 2.11 bits per heavy atom. The van der Waals surface area contributed by atoms with Crippen molar-refractivity contribution in [2.24, 2.45) is 11.1 Å². The fraction of sp³-hybridized carbons (Fsp3) is 0.571. The molecule has 2 nitrogen and oxygen atoms in total. The first kappa shape index (κ1) is 14.2. The van der Waals surface area contributed by atoms with Gasteiger partial charge in [0.1, 0.15) is 11.9 Å². The van der Waals surface area contributed by atoms with Gasteiger partial charge in [-0.15, -0.1) is 0 Å². The Morgan fingerprint density at radius 1 is 1.42 bits per heavy atom. The van der Waals surface area contributed by atoms with Crippen molar-refractivity contribution in [3.63, 3.8) is 0 Å². The van der Waals surface area contributed by atoms with E-state index in [1.807, 2.05) is 13.8 Å². The average molecular weight is 273 g/mol. The number of halogens is 3. The van der Waals surface area contributed by atoms with E-state index >= 15 is 0 Å². The molecule has 0 aromatic heterocycles. The summed E-state index contributed by atoms with van der Waals surface area (Å²) in [4.78, 5) is 0. The predicted octanol–water partition coefficient (Wildman–Crippen LogP) is 3.60. The molecule has 1 aliphatic rings. The molecule has 2 rings (SSSR count). The Morgan fingerprint density at radius 3 is 2.63 bits per heavy atom. The Bertz CT molecular complexity index is 460.